The molecule has 0 saturated heterocycles. The van der Waals surface area contributed by atoms with Gasteiger partial charge in [-0.05, 0) is 35.9 Å². The summed E-state index contributed by atoms with van der Waals surface area (Å²) in [5, 5.41) is 7.21. The molecule has 0 aliphatic heterocycles. The first-order chi connectivity index (χ1) is 15.5. The van der Waals surface area contributed by atoms with Gasteiger partial charge in [0.05, 0.1) is 18.4 Å². The molecular weight excluding hydrogens is 436 g/mol. The fourth-order valence-electron chi connectivity index (χ4n) is 3.15. The van der Waals surface area contributed by atoms with Crippen LogP contribution in [0.2, 0.25) is 5.02 Å². The molecule has 1 heterocycles. The van der Waals surface area contributed by atoms with Crippen molar-refractivity contribution >= 4 is 23.2 Å². The molecule has 0 aliphatic rings. The van der Waals surface area contributed by atoms with Gasteiger partial charge in [-0.15, -0.1) is 0 Å². The van der Waals surface area contributed by atoms with Crippen LogP contribution in [0.4, 0.5) is 14.5 Å². The van der Waals surface area contributed by atoms with E-state index in [1.807, 2.05) is 30.3 Å². The highest BCUT2D eigenvalue weighted by atomic mass is 35.5. The number of ether oxygens (including phenoxy) is 1. The monoisotopic (exact) mass is 453 g/mol. The van der Waals surface area contributed by atoms with Gasteiger partial charge in [0.1, 0.15) is 29.6 Å². The minimum absolute atomic E-state index is 0.298. The summed E-state index contributed by atoms with van der Waals surface area (Å²) in [6.45, 7) is 0.707. The van der Waals surface area contributed by atoms with E-state index < -0.39 is 23.1 Å². The molecule has 1 aromatic heterocycles. The van der Waals surface area contributed by atoms with Gasteiger partial charge in [-0.1, -0.05) is 48.0 Å². The first kappa shape index (κ1) is 21.5. The Balaban J connectivity index is 1.47. The molecule has 3 aromatic carbocycles. The van der Waals surface area contributed by atoms with Crippen molar-refractivity contribution < 1.29 is 18.3 Å². The smallest absolute Gasteiger partial charge is 0.261 e. The van der Waals surface area contributed by atoms with E-state index in [1.54, 1.807) is 29.1 Å². The zero-order valence-electron chi connectivity index (χ0n) is 16.8. The second kappa shape index (κ2) is 9.62. The zero-order valence-corrected chi connectivity index (χ0v) is 17.5. The molecule has 162 valence electrons. The number of nitrogens with zero attached hydrogens (tertiary/aromatic N) is 2. The molecule has 0 saturated carbocycles. The highest BCUT2D eigenvalue weighted by Gasteiger charge is 2.18. The standard InChI is InChI=1S/C24H18ClF2N3O2/c25-18-9-10-22(32-15-16-5-2-1-3-6-16)17(11-18)13-30-14-19(12-28-30)29-24(31)23-20(26)7-4-8-21(23)27/h1-12,14H,13,15H2,(H,29,31). The van der Waals surface area contributed by atoms with E-state index >= 15 is 0 Å². The number of anilines is 1. The molecule has 0 bridgehead atoms. The van der Waals surface area contributed by atoms with Gasteiger partial charge >= 0.3 is 0 Å². The van der Waals surface area contributed by atoms with E-state index in [2.05, 4.69) is 10.4 Å². The Morgan fingerprint density at radius 1 is 1.03 bits per heavy atom. The first-order valence-electron chi connectivity index (χ1n) is 9.72. The highest BCUT2D eigenvalue weighted by molar-refractivity contribution is 6.30. The maximum Gasteiger partial charge on any atom is 0.261 e. The fourth-order valence-corrected chi connectivity index (χ4v) is 3.34. The lowest BCUT2D eigenvalue weighted by Gasteiger charge is -2.12. The molecule has 1 N–H and O–H groups in total. The summed E-state index contributed by atoms with van der Waals surface area (Å²) in [6, 6.07) is 18.3. The van der Waals surface area contributed by atoms with Crippen molar-refractivity contribution in [3.63, 3.8) is 0 Å². The summed E-state index contributed by atoms with van der Waals surface area (Å²) in [4.78, 5) is 12.3. The van der Waals surface area contributed by atoms with Gasteiger partial charge in [0, 0.05) is 16.8 Å². The Labute approximate surface area is 188 Å². The first-order valence-corrected chi connectivity index (χ1v) is 10.1. The topological polar surface area (TPSA) is 56.2 Å². The van der Waals surface area contributed by atoms with Crippen molar-refractivity contribution in [3.8, 4) is 5.75 Å². The molecule has 1 amide bonds. The van der Waals surface area contributed by atoms with Gasteiger partial charge in [0.2, 0.25) is 0 Å². The lowest BCUT2D eigenvalue weighted by molar-refractivity contribution is 0.101. The third-order valence-corrected chi connectivity index (χ3v) is 4.91. The van der Waals surface area contributed by atoms with Crippen LogP contribution in [0.1, 0.15) is 21.5 Å². The van der Waals surface area contributed by atoms with Crippen LogP contribution in [0, 0.1) is 11.6 Å². The third-order valence-electron chi connectivity index (χ3n) is 4.67. The van der Waals surface area contributed by atoms with Crippen LogP contribution < -0.4 is 10.1 Å². The van der Waals surface area contributed by atoms with Gasteiger partial charge in [-0.3, -0.25) is 9.48 Å². The fraction of sp³-hybridized carbons (Fsp3) is 0.0833. The van der Waals surface area contributed by atoms with Gasteiger partial charge < -0.3 is 10.1 Å². The molecule has 5 nitrogen and oxygen atoms in total. The average molecular weight is 454 g/mol. The largest absolute Gasteiger partial charge is 0.489 e. The Morgan fingerprint density at radius 3 is 2.53 bits per heavy atom. The normalized spacial score (nSPS) is 10.7. The van der Waals surface area contributed by atoms with E-state index in [0.717, 1.165) is 23.3 Å². The number of hydrogen-bond acceptors (Lipinski definition) is 3. The molecular formula is C24H18ClF2N3O2. The number of carbonyl (C=O) groups excluding carboxylic acids is 1. The lowest BCUT2D eigenvalue weighted by atomic mass is 10.2. The number of nitrogens with one attached hydrogen (secondary N) is 1. The zero-order chi connectivity index (χ0) is 22.5. The van der Waals surface area contributed by atoms with Crippen molar-refractivity contribution in [1.29, 1.82) is 0 Å². The maximum absolute atomic E-state index is 13.8. The summed E-state index contributed by atoms with van der Waals surface area (Å²) >= 11 is 6.16. The van der Waals surface area contributed by atoms with Crippen LogP contribution in [0.3, 0.4) is 0 Å². The van der Waals surface area contributed by atoms with Crippen molar-refractivity contribution in [1.82, 2.24) is 9.78 Å². The summed E-state index contributed by atoms with van der Waals surface area (Å²) in [5.74, 6) is -2.12. The molecule has 0 atom stereocenters. The molecule has 4 aromatic rings. The number of rotatable bonds is 7. The Bertz CT molecular complexity index is 1220. The van der Waals surface area contributed by atoms with E-state index in [-0.39, 0.29) is 0 Å². The van der Waals surface area contributed by atoms with Crippen LogP contribution in [0.15, 0.2) is 79.1 Å². The maximum atomic E-state index is 13.8. The molecule has 0 radical (unpaired) electrons. The number of hydrogen-bond donors (Lipinski definition) is 1. The van der Waals surface area contributed by atoms with Gasteiger partial charge in [-0.2, -0.15) is 5.10 Å². The predicted octanol–water partition coefficient (Wildman–Crippen LogP) is 5.69. The molecule has 0 spiro atoms. The number of aromatic nitrogens is 2. The average Bonchev–Trinajstić information content (AvgIpc) is 3.20. The van der Waals surface area contributed by atoms with E-state index in [1.165, 1.54) is 12.3 Å². The molecule has 8 heteroatoms. The molecule has 4 rings (SSSR count). The van der Waals surface area contributed by atoms with Crippen molar-refractivity contribution in [3.05, 3.63) is 112 Å². The van der Waals surface area contributed by atoms with Crippen LogP contribution >= 0.6 is 11.6 Å². The van der Waals surface area contributed by atoms with Crippen LogP contribution in [-0.4, -0.2) is 15.7 Å². The van der Waals surface area contributed by atoms with Crippen molar-refractivity contribution in [2.24, 2.45) is 0 Å². The Hall–Kier alpha value is -3.71. The van der Waals surface area contributed by atoms with Crippen LogP contribution in [0.25, 0.3) is 0 Å². The highest BCUT2D eigenvalue weighted by Crippen LogP contribution is 2.25. The Morgan fingerprint density at radius 2 is 1.78 bits per heavy atom. The summed E-state index contributed by atoms with van der Waals surface area (Å²) in [5.41, 5.74) is 1.46. The minimum Gasteiger partial charge on any atom is -0.489 e. The number of carbonyl (C=O) groups is 1. The second-order valence-corrected chi connectivity index (χ2v) is 7.44. The minimum atomic E-state index is -0.936. The predicted molar refractivity (Wildman–Crippen MR) is 118 cm³/mol. The summed E-state index contributed by atoms with van der Waals surface area (Å²) in [6.07, 6.45) is 2.95. The van der Waals surface area contributed by atoms with Crippen molar-refractivity contribution in [2.45, 2.75) is 13.2 Å². The summed E-state index contributed by atoms with van der Waals surface area (Å²) < 4.78 is 35.2. The molecule has 0 fully saturated rings. The SMILES string of the molecule is O=C(Nc1cnn(Cc2cc(Cl)ccc2OCc2ccccc2)c1)c1c(F)cccc1F. The van der Waals surface area contributed by atoms with E-state index in [0.29, 0.717) is 29.6 Å². The van der Waals surface area contributed by atoms with Gasteiger partial charge in [0.15, 0.2) is 0 Å². The Kier molecular flexibility index (Phi) is 6.47. The molecule has 0 aliphatic carbocycles. The number of benzene rings is 3. The lowest BCUT2D eigenvalue weighted by Crippen LogP contribution is -2.15. The van der Waals surface area contributed by atoms with E-state index in [9.17, 15) is 13.6 Å². The van der Waals surface area contributed by atoms with Crippen LogP contribution in [-0.2, 0) is 13.2 Å². The van der Waals surface area contributed by atoms with E-state index in [4.69, 9.17) is 16.3 Å². The van der Waals surface area contributed by atoms with Crippen molar-refractivity contribution in [2.75, 3.05) is 5.32 Å². The third kappa shape index (κ3) is 5.12. The second-order valence-electron chi connectivity index (χ2n) is 7.00. The molecule has 0 unspecified atom stereocenters. The van der Waals surface area contributed by atoms with Crippen LogP contribution in [0.5, 0.6) is 5.75 Å². The van der Waals surface area contributed by atoms with Gasteiger partial charge in [-0.25, -0.2) is 8.78 Å². The molecule has 32 heavy (non-hydrogen) atoms. The number of amides is 1. The van der Waals surface area contributed by atoms with Gasteiger partial charge in [0.25, 0.3) is 5.91 Å². The number of halogens is 3. The summed E-state index contributed by atoms with van der Waals surface area (Å²) in [7, 11) is 0. The quantitative estimate of drug-likeness (QED) is 0.391.